The molecular weight excluding hydrogens is 366 g/mol. The predicted molar refractivity (Wildman–Crippen MR) is 104 cm³/mol. The Morgan fingerprint density at radius 1 is 1.26 bits per heavy atom. The minimum absolute atomic E-state index is 0.0419. The summed E-state index contributed by atoms with van der Waals surface area (Å²) in [4.78, 5) is 28.2. The van der Waals surface area contributed by atoms with E-state index in [1.807, 2.05) is 23.6 Å². The van der Waals surface area contributed by atoms with Crippen molar-refractivity contribution in [3.05, 3.63) is 23.6 Å². The minimum Gasteiger partial charge on any atom is -0.493 e. The monoisotopic (exact) mass is 389 g/mol. The lowest BCUT2D eigenvalue weighted by atomic mass is 10.1. The number of hydrogen-bond donors (Lipinski definition) is 2. The molecule has 0 aliphatic heterocycles. The van der Waals surface area contributed by atoms with E-state index in [4.69, 9.17) is 9.47 Å². The number of amides is 2. The summed E-state index contributed by atoms with van der Waals surface area (Å²) in [6.07, 6.45) is 1.16. The van der Waals surface area contributed by atoms with Gasteiger partial charge < -0.3 is 20.1 Å². The topological polar surface area (TPSA) is 89.6 Å². The number of rotatable bonds is 8. The van der Waals surface area contributed by atoms with Crippen LogP contribution >= 0.6 is 11.3 Å². The third-order valence-corrected chi connectivity index (χ3v) is 5.29. The highest BCUT2D eigenvalue weighted by Gasteiger charge is 2.38. The molecule has 0 saturated heterocycles. The van der Waals surface area contributed by atoms with Gasteiger partial charge in [0.05, 0.1) is 19.9 Å². The molecule has 2 aromatic rings. The number of nitrogens with zero attached hydrogens (tertiary/aromatic N) is 1. The molecule has 1 saturated carbocycles. The number of ether oxygens (including phenoxy) is 2. The summed E-state index contributed by atoms with van der Waals surface area (Å²) in [6, 6.07) is 5.54. The molecule has 1 aromatic carbocycles. The SMILES string of the molecule is COc1ccc(-c2csc(NC(=O)CCNC(=O)[C@H]3C[C@H]3C)n2)cc1OC. The van der Waals surface area contributed by atoms with E-state index >= 15 is 0 Å². The number of benzene rings is 1. The smallest absolute Gasteiger partial charge is 0.227 e. The van der Waals surface area contributed by atoms with Crippen LogP contribution in [0.5, 0.6) is 11.5 Å². The van der Waals surface area contributed by atoms with Gasteiger partial charge in [-0.15, -0.1) is 11.3 Å². The van der Waals surface area contributed by atoms with Gasteiger partial charge in [0.15, 0.2) is 16.6 Å². The van der Waals surface area contributed by atoms with Gasteiger partial charge in [0.2, 0.25) is 11.8 Å². The van der Waals surface area contributed by atoms with E-state index in [0.29, 0.717) is 29.1 Å². The molecule has 0 radical (unpaired) electrons. The van der Waals surface area contributed by atoms with Crippen molar-refractivity contribution in [2.75, 3.05) is 26.1 Å². The van der Waals surface area contributed by atoms with Crippen molar-refractivity contribution in [3.8, 4) is 22.8 Å². The van der Waals surface area contributed by atoms with Crippen LogP contribution in [-0.2, 0) is 9.59 Å². The molecule has 2 amide bonds. The summed E-state index contributed by atoms with van der Waals surface area (Å²) in [5.41, 5.74) is 1.61. The lowest BCUT2D eigenvalue weighted by Crippen LogP contribution is -2.29. The first-order chi connectivity index (χ1) is 13.0. The van der Waals surface area contributed by atoms with E-state index in [1.54, 1.807) is 14.2 Å². The largest absolute Gasteiger partial charge is 0.493 e. The standard InChI is InChI=1S/C19H23N3O4S/c1-11-8-13(11)18(24)20-7-6-17(23)22-19-21-14(10-27-19)12-4-5-15(25-2)16(9-12)26-3/h4-5,9-11,13H,6-8H2,1-3H3,(H,20,24)(H,21,22,23)/t11-,13+/m1/s1. The highest BCUT2D eigenvalue weighted by molar-refractivity contribution is 7.14. The molecule has 1 fully saturated rings. The summed E-state index contributed by atoms with van der Waals surface area (Å²) in [6.45, 7) is 2.39. The van der Waals surface area contributed by atoms with Crippen molar-refractivity contribution in [2.24, 2.45) is 11.8 Å². The van der Waals surface area contributed by atoms with Gasteiger partial charge in [-0.25, -0.2) is 4.98 Å². The first-order valence-corrected chi connectivity index (χ1v) is 9.65. The Hall–Kier alpha value is -2.61. The number of hydrogen-bond acceptors (Lipinski definition) is 6. The number of carbonyl (C=O) groups excluding carboxylic acids is 2. The number of nitrogens with one attached hydrogen (secondary N) is 2. The van der Waals surface area contributed by atoms with Crippen LogP contribution in [0.1, 0.15) is 19.8 Å². The quantitative estimate of drug-likeness (QED) is 0.725. The van der Waals surface area contributed by atoms with Gasteiger partial charge >= 0.3 is 0 Å². The van der Waals surface area contributed by atoms with Crippen molar-refractivity contribution in [1.82, 2.24) is 10.3 Å². The average Bonchev–Trinajstić information content (AvgIpc) is 3.22. The van der Waals surface area contributed by atoms with Crippen molar-refractivity contribution in [3.63, 3.8) is 0 Å². The van der Waals surface area contributed by atoms with Crippen molar-refractivity contribution >= 4 is 28.3 Å². The number of thiazole rings is 1. The second-order valence-corrected chi connectivity index (χ2v) is 7.37. The second kappa shape index (κ2) is 8.39. The molecule has 1 aromatic heterocycles. The molecule has 3 rings (SSSR count). The van der Waals surface area contributed by atoms with Crippen LogP contribution < -0.4 is 20.1 Å². The van der Waals surface area contributed by atoms with Crippen LogP contribution in [0.3, 0.4) is 0 Å². The van der Waals surface area contributed by atoms with E-state index in [9.17, 15) is 9.59 Å². The lowest BCUT2D eigenvalue weighted by Gasteiger charge is -2.08. The first kappa shape index (κ1) is 19.2. The minimum atomic E-state index is -0.174. The molecule has 27 heavy (non-hydrogen) atoms. The summed E-state index contributed by atoms with van der Waals surface area (Å²) < 4.78 is 10.5. The number of carbonyl (C=O) groups is 2. The Morgan fingerprint density at radius 3 is 2.67 bits per heavy atom. The fourth-order valence-electron chi connectivity index (χ4n) is 2.76. The molecule has 0 bridgehead atoms. The fourth-order valence-corrected chi connectivity index (χ4v) is 3.49. The van der Waals surface area contributed by atoms with E-state index < -0.39 is 0 Å². The van der Waals surface area contributed by atoms with Crippen molar-refractivity contribution < 1.29 is 19.1 Å². The lowest BCUT2D eigenvalue weighted by molar-refractivity contribution is -0.122. The highest BCUT2D eigenvalue weighted by Crippen LogP contribution is 2.37. The van der Waals surface area contributed by atoms with E-state index in [0.717, 1.165) is 17.7 Å². The van der Waals surface area contributed by atoms with Crippen LogP contribution in [0.25, 0.3) is 11.3 Å². The van der Waals surface area contributed by atoms with Gasteiger partial charge in [-0.2, -0.15) is 0 Å². The second-order valence-electron chi connectivity index (χ2n) is 6.52. The molecule has 144 valence electrons. The Labute approximate surface area is 162 Å². The Morgan fingerprint density at radius 2 is 2.00 bits per heavy atom. The molecular formula is C19H23N3O4S. The van der Waals surface area contributed by atoms with Crippen molar-refractivity contribution in [1.29, 1.82) is 0 Å². The Bertz CT molecular complexity index is 836. The zero-order valence-corrected chi connectivity index (χ0v) is 16.4. The number of aromatic nitrogens is 1. The molecule has 1 aliphatic carbocycles. The van der Waals surface area contributed by atoms with Gasteiger partial charge in [-0.05, 0) is 30.5 Å². The zero-order valence-electron chi connectivity index (χ0n) is 15.6. The molecule has 0 unspecified atom stereocenters. The normalized spacial score (nSPS) is 17.9. The van der Waals surface area contributed by atoms with E-state index in [1.165, 1.54) is 11.3 Å². The molecule has 1 aliphatic rings. The molecule has 1 heterocycles. The summed E-state index contributed by atoms with van der Waals surface area (Å²) in [5.74, 6) is 1.72. The molecule has 8 heteroatoms. The third-order valence-electron chi connectivity index (χ3n) is 4.53. The maximum absolute atomic E-state index is 12.0. The Balaban J connectivity index is 1.53. The zero-order chi connectivity index (χ0) is 19.4. The maximum Gasteiger partial charge on any atom is 0.227 e. The van der Waals surface area contributed by atoms with Gasteiger partial charge in [-0.1, -0.05) is 6.92 Å². The average molecular weight is 389 g/mol. The maximum atomic E-state index is 12.0. The number of anilines is 1. The summed E-state index contributed by atoms with van der Waals surface area (Å²) >= 11 is 1.35. The molecule has 7 nitrogen and oxygen atoms in total. The molecule has 0 spiro atoms. The van der Waals surface area contributed by atoms with E-state index in [-0.39, 0.29) is 24.2 Å². The summed E-state index contributed by atoms with van der Waals surface area (Å²) in [7, 11) is 3.17. The number of methoxy groups -OCH3 is 2. The molecule has 2 atom stereocenters. The van der Waals surface area contributed by atoms with Crippen molar-refractivity contribution in [2.45, 2.75) is 19.8 Å². The predicted octanol–water partition coefficient (Wildman–Crippen LogP) is 2.93. The van der Waals surface area contributed by atoms with Gasteiger partial charge in [-0.3, -0.25) is 9.59 Å². The summed E-state index contributed by atoms with van der Waals surface area (Å²) in [5, 5.41) is 7.96. The van der Waals surface area contributed by atoms with Crippen LogP contribution in [0.15, 0.2) is 23.6 Å². The van der Waals surface area contributed by atoms with Crippen LogP contribution in [-0.4, -0.2) is 37.6 Å². The first-order valence-electron chi connectivity index (χ1n) is 8.77. The van der Waals surface area contributed by atoms with E-state index in [2.05, 4.69) is 22.5 Å². The van der Waals surface area contributed by atoms with Crippen LogP contribution in [0.4, 0.5) is 5.13 Å². The van der Waals surface area contributed by atoms with Gasteiger partial charge in [0.1, 0.15) is 0 Å². The Kier molecular flexibility index (Phi) is 5.95. The van der Waals surface area contributed by atoms with Crippen LogP contribution in [0.2, 0.25) is 0 Å². The van der Waals surface area contributed by atoms with Gasteiger partial charge in [0.25, 0.3) is 0 Å². The highest BCUT2D eigenvalue weighted by atomic mass is 32.1. The van der Waals surface area contributed by atoms with Gasteiger partial charge in [0, 0.05) is 29.8 Å². The third kappa shape index (κ3) is 4.77. The molecule has 2 N–H and O–H groups in total. The fraction of sp³-hybridized carbons (Fsp3) is 0.421. The van der Waals surface area contributed by atoms with Crippen LogP contribution in [0, 0.1) is 11.8 Å².